The van der Waals surface area contributed by atoms with E-state index in [-0.39, 0.29) is 5.60 Å². The lowest BCUT2D eigenvalue weighted by molar-refractivity contribution is 0.00580. The molecule has 0 aromatic heterocycles. The molecule has 1 heterocycles. The molecule has 0 fully saturated rings. The van der Waals surface area contributed by atoms with Gasteiger partial charge in [0.2, 0.25) is 0 Å². The van der Waals surface area contributed by atoms with Gasteiger partial charge in [0.25, 0.3) is 0 Å². The maximum absolute atomic E-state index is 6.53. The first-order valence-corrected chi connectivity index (χ1v) is 8.56. The molecule has 3 atom stereocenters. The van der Waals surface area contributed by atoms with E-state index in [9.17, 15) is 0 Å². The number of rotatable bonds is 6. The molecule has 2 heteroatoms. The Balaban J connectivity index is 2.34. The highest BCUT2D eigenvalue weighted by molar-refractivity contribution is 5.41. The third kappa shape index (κ3) is 3.60. The molecule has 0 saturated carbocycles. The van der Waals surface area contributed by atoms with E-state index in [1.54, 1.807) is 0 Å². The molecular weight excluding hydrogens is 258 g/mol. The average molecular weight is 289 g/mol. The number of benzene rings is 1. The molecule has 0 radical (unpaired) electrons. The standard InChI is InChI=1S/C19H31NO/c1-6-14(4)12-19(7-2)13-17(20-8-3)16-11-15(5)9-10-18(16)21-19/h9-11,14,17,20H,6-8,12-13H2,1-5H3. The zero-order valence-corrected chi connectivity index (χ0v) is 14.3. The number of hydrogen-bond donors (Lipinski definition) is 1. The van der Waals surface area contributed by atoms with E-state index in [0.29, 0.717) is 12.0 Å². The fourth-order valence-electron chi connectivity index (χ4n) is 3.48. The van der Waals surface area contributed by atoms with Crippen molar-refractivity contribution in [3.8, 4) is 5.75 Å². The molecule has 0 saturated heterocycles. The Labute approximate surface area is 130 Å². The third-order valence-electron chi connectivity index (χ3n) is 4.96. The van der Waals surface area contributed by atoms with Crippen molar-refractivity contribution in [3.63, 3.8) is 0 Å². The van der Waals surface area contributed by atoms with Crippen molar-refractivity contribution in [3.05, 3.63) is 29.3 Å². The van der Waals surface area contributed by atoms with Crippen molar-refractivity contribution in [1.82, 2.24) is 5.32 Å². The van der Waals surface area contributed by atoms with Crippen molar-refractivity contribution < 1.29 is 4.74 Å². The van der Waals surface area contributed by atoms with E-state index >= 15 is 0 Å². The SMILES string of the molecule is CCNC1CC(CC)(CC(C)CC)Oc2ccc(C)cc21. The molecule has 1 aliphatic rings. The molecule has 2 rings (SSSR count). The fraction of sp³-hybridized carbons (Fsp3) is 0.684. The Bertz CT molecular complexity index is 471. The fourth-order valence-corrected chi connectivity index (χ4v) is 3.48. The lowest BCUT2D eigenvalue weighted by Gasteiger charge is -2.43. The van der Waals surface area contributed by atoms with Gasteiger partial charge in [0.15, 0.2) is 0 Å². The van der Waals surface area contributed by atoms with Gasteiger partial charge in [0, 0.05) is 18.0 Å². The van der Waals surface area contributed by atoms with Gasteiger partial charge in [-0.1, -0.05) is 51.8 Å². The first-order valence-electron chi connectivity index (χ1n) is 8.56. The lowest BCUT2D eigenvalue weighted by Crippen LogP contribution is -2.45. The second kappa shape index (κ2) is 6.83. The van der Waals surface area contributed by atoms with E-state index in [4.69, 9.17) is 4.74 Å². The first-order chi connectivity index (χ1) is 10.0. The molecule has 0 aliphatic carbocycles. The summed E-state index contributed by atoms with van der Waals surface area (Å²) in [6.07, 6.45) is 4.53. The Morgan fingerprint density at radius 1 is 1.33 bits per heavy atom. The summed E-state index contributed by atoms with van der Waals surface area (Å²) in [5, 5.41) is 3.67. The Kier molecular flexibility index (Phi) is 5.32. The third-order valence-corrected chi connectivity index (χ3v) is 4.96. The molecule has 3 unspecified atom stereocenters. The van der Waals surface area contributed by atoms with E-state index in [2.05, 4.69) is 58.1 Å². The van der Waals surface area contributed by atoms with Gasteiger partial charge in [0.05, 0.1) is 0 Å². The largest absolute Gasteiger partial charge is 0.487 e. The summed E-state index contributed by atoms with van der Waals surface area (Å²) in [5.41, 5.74) is 2.64. The molecule has 1 N–H and O–H groups in total. The summed E-state index contributed by atoms with van der Waals surface area (Å²) >= 11 is 0. The number of aryl methyl sites for hydroxylation is 1. The summed E-state index contributed by atoms with van der Waals surface area (Å²) in [6.45, 7) is 12.2. The summed E-state index contributed by atoms with van der Waals surface area (Å²) < 4.78 is 6.53. The highest BCUT2D eigenvalue weighted by Crippen LogP contribution is 2.44. The van der Waals surface area contributed by atoms with Crippen molar-refractivity contribution in [2.75, 3.05) is 6.54 Å². The highest BCUT2D eigenvalue weighted by Gasteiger charge is 2.40. The van der Waals surface area contributed by atoms with Crippen LogP contribution < -0.4 is 10.1 Å². The molecule has 1 aliphatic heterocycles. The maximum atomic E-state index is 6.53. The summed E-state index contributed by atoms with van der Waals surface area (Å²) in [5.74, 6) is 1.79. The van der Waals surface area contributed by atoms with Crippen LogP contribution in [0.15, 0.2) is 18.2 Å². The van der Waals surface area contributed by atoms with E-state index < -0.39 is 0 Å². The van der Waals surface area contributed by atoms with Gasteiger partial charge in [-0.2, -0.15) is 0 Å². The van der Waals surface area contributed by atoms with E-state index in [1.807, 2.05) is 0 Å². The average Bonchev–Trinajstić information content (AvgIpc) is 2.48. The van der Waals surface area contributed by atoms with Crippen LogP contribution in [0.25, 0.3) is 0 Å². The van der Waals surface area contributed by atoms with Crippen LogP contribution in [-0.2, 0) is 0 Å². The van der Waals surface area contributed by atoms with Crippen LogP contribution in [0.2, 0.25) is 0 Å². The van der Waals surface area contributed by atoms with Gasteiger partial charge in [0.1, 0.15) is 11.4 Å². The minimum absolute atomic E-state index is 0.00940. The van der Waals surface area contributed by atoms with Gasteiger partial charge in [-0.25, -0.2) is 0 Å². The monoisotopic (exact) mass is 289 g/mol. The Morgan fingerprint density at radius 2 is 2.10 bits per heavy atom. The minimum atomic E-state index is -0.00940. The Morgan fingerprint density at radius 3 is 2.71 bits per heavy atom. The number of nitrogens with one attached hydrogen (secondary N) is 1. The zero-order valence-electron chi connectivity index (χ0n) is 14.3. The zero-order chi connectivity index (χ0) is 15.5. The van der Waals surface area contributed by atoms with Crippen molar-refractivity contribution in [2.45, 2.75) is 71.9 Å². The second-order valence-electron chi connectivity index (χ2n) is 6.71. The molecule has 2 nitrogen and oxygen atoms in total. The van der Waals surface area contributed by atoms with Crippen molar-refractivity contribution in [1.29, 1.82) is 0 Å². The predicted octanol–water partition coefficient (Wildman–Crippen LogP) is 5.01. The van der Waals surface area contributed by atoms with Crippen LogP contribution in [0.5, 0.6) is 5.75 Å². The van der Waals surface area contributed by atoms with Gasteiger partial charge < -0.3 is 10.1 Å². The summed E-state index contributed by atoms with van der Waals surface area (Å²) in [7, 11) is 0. The smallest absolute Gasteiger partial charge is 0.124 e. The molecule has 0 bridgehead atoms. The van der Waals surface area contributed by atoms with E-state index in [1.165, 1.54) is 17.5 Å². The molecule has 0 amide bonds. The summed E-state index contributed by atoms with van der Waals surface area (Å²) in [4.78, 5) is 0. The molecule has 21 heavy (non-hydrogen) atoms. The topological polar surface area (TPSA) is 21.3 Å². The predicted molar refractivity (Wildman–Crippen MR) is 89.9 cm³/mol. The van der Waals surface area contributed by atoms with Gasteiger partial charge >= 0.3 is 0 Å². The Hall–Kier alpha value is -1.02. The van der Waals surface area contributed by atoms with Crippen LogP contribution >= 0.6 is 0 Å². The number of ether oxygens (including phenoxy) is 1. The number of fused-ring (bicyclic) bond motifs is 1. The minimum Gasteiger partial charge on any atom is -0.487 e. The van der Waals surface area contributed by atoms with Crippen LogP contribution in [0.1, 0.15) is 70.5 Å². The summed E-state index contributed by atoms with van der Waals surface area (Å²) in [6, 6.07) is 7.03. The normalized spacial score (nSPS) is 26.0. The lowest BCUT2D eigenvalue weighted by atomic mass is 9.79. The van der Waals surface area contributed by atoms with Crippen LogP contribution in [0, 0.1) is 12.8 Å². The quantitative estimate of drug-likeness (QED) is 0.794. The first kappa shape index (κ1) is 16.4. The van der Waals surface area contributed by atoms with Gasteiger partial charge in [-0.05, 0) is 38.3 Å². The van der Waals surface area contributed by atoms with Crippen LogP contribution in [-0.4, -0.2) is 12.1 Å². The molecule has 1 aromatic carbocycles. The highest BCUT2D eigenvalue weighted by atomic mass is 16.5. The number of hydrogen-bond acceptors (Lipinski definition) is 2. The maximum Gasteiger partial charge on any atom is 0.124 e. The van der Waals surface area contributed by atoms with Crippen molar-refractivity contribution >= 4 is 0 Å². The van der Waals surface area contributed by atoms with Crippen molar-refractivity contribution in [2.24, 2.45) is 5.92 Å². The molecular formula is C19H31NO. The van der Waals surface area contributed by atoms with Crippen LogP contribution in [0.3, 0.4) is 0 Å². The van der Waals surface area contributed by atoms with Gasteiger partial charge in [-0.3, -0.25) is 0 Å². The van der Waals surface area contributed by atoms with Gasteiger partial charge in [-0.15, -0.1) is 0 Å². The second-order valence-corrected chi connectivity index (χ2v) is 6.71. The van der Waals surface area contributed by atoms with Crippen LogP contribution in [0.4, 0.5) is 0 Å². The van der Waals surface area contributed by atoms with E-state index in [0.717, 1.165) is 31.6 Å². The molecule has 1 aromatic rings. The molecule has 0 spiro atoms. The molecule has 118 valence electrons.